The van der Waals surface area contributed by atoms with Crippen LogP contribution in [0.15, 0.2) is 30.3 Å². The number of aryl methyl sites for hydroxylation is 1. The summed E-state index contributed by atoms with van der Waals surface area (Å²) in [7, 11) is 0. The molecule has 0 spiro atoms. The predicted molar refractivity (Wildman–Crippen MR) is 87.0 cm³/mol. The van der Waals surface area contributed by atoms with Crippen LogP contribution in [-0.2, 0) is 17.6 Å². The Hall–Kier alpha value is -2.12. The van der Waals surface area contributed by atoms with Gasteiger partial charge in [-0.05, 0) is 42.7 Å². The molecule has 1 aromatic heterocycles. The monoisotopic (exact) mass is 308 g/mol. The number of nitrogens with one attached hydrogen (secondary N) is 1. The minimum absolute atomic E-state index is 0.0471. The van der Waals surface area contributed by atoms with Crippen LogP contribution in [0.3, 0.4) is 0 Å². The summed E-state index contributed by atoms with van der Waals surface area (Å²) in [5.74, 6) is 0.440. The third-order valence-electron chi connectivity index (χ3n) is 4.62. The minimum atomic E-state index is 0.0471. The molecule has 2 atom stereocenters. The van der Waals surface area contributed by atoms with Crippen molar-refractivity contribution in [2.75, 3.05) is 5.32 Å². The van der Waals surface area contributed by atoms with Gasteiger partial charge in [-0.25, -0.2) is 0 Å². The van der Waals surface area contributed by atoms with Crippen molar-refractivity contribution in [1.29, 1.82) is 5.26 Å². The summed E-state index contributed by atoms with van der Waals surface area (Å²) in [6, 6.07) is 12.5. The molecule has 2 aromatic rings. The van der Waals surface area contributed by atoms with Gasteiger partial charge in [0.2, 0.25) is 5.91 Å². The van der Waals surface area contributed by atoms with Crippen LogP contribution in [0.4, 0.5) is 5.00 Å². The van der Waals surface area contributed by atoms with Crippen molar-refractivity contribution in [3.05, 3.63) is 51.9 Å². The van der Waals surface area contributed by atoms with Gasteiger partial charge in [-0.2, -0.15) is 5.26 Å². The first-order valence-corrected chi connectivity index (χ1v) is 8.50. The summed E-state index contributed by atoms with van der Waals surface area (Å²) in [5, 5.41) is 13.1. The number of anilines is 1. The normalized spacial score (nSPS) is 22.0. The van der Waals surface area contributed by atoms with E-state index in [-0.39, 0.29) is 11.8 Å². The largest absolute Gasteiger partial charge is 0.316 e. The molecular formula is C18H16N2OS. The second-order valence-electron chi connectivity index (χ2n) is 6.02. The Morgan fingerprint density at radius 3 is 2.86 bits per heavy atom. The van der Waals surface area contributed by atoms with E-state index in [0.29, 0.717) is 11.5 Å². The van der Waals surface area contributed by atoms with E-state index in [0.717, 1.165) is 30.7 Å². The molecule has 0 aliphatic heterocycles. The van der Waals surface area contributed by atoms with E-state index in [1.807, 2.05) is 18.2 Å². The zero-order valence-electron chi connectivity index (χ0n) is 12.1. The van der Waals surface area contributed by atoms with Crippen LogP contribution in [0.5, 0.6) is 0 Å². The maximum Gasteiger partial charge on any atom is 0.228 e. The van der Waals surface area contributed by atoms with E-state index in [9.17, 15) is 10.1 Å². The Bertz CT molecular complexity index is 772. The van der Waals surface area contributed by atoms with Crippen LogP contribution in [0.25, 0.3) is 0 Å². The van der Waals surface area contributed by atoms with Crippen molar-refractivity contribution in [1.82, 2.24) is 0 Å². The van der Waals surface area contributed by atoms with E-state index in [4.69, 9.17) is 0 Å². The molecule has 1 fully saturated rings. The van der Waals surface area contributed by atoms with E-state index in [1.165, 1.54) is 16.0 Å². The fraction of sp³-hybridized carbons (Fsp3) is 0.333. The molecule has 0 unspecified atom stereocenters. The van der Waals surface area contributed by atoms with Gasteiger partial charge in [0, 0.05) is 10.8 Å². The third-order valence-corrected chi connectivity index (χ3v) is 5.83. The van der Waals surface area contributed by atoms with Gasteiger partial charge >= 0.3 is 0 Å². The Morgan fingerprint density at radius 2 is 2.09 bits per heavy atom. The maximum atomic E-state index is 12.4. The molecule has 0 bridgehead atoms. The van der Waals surface area contributed by atoms with Gasteiger partial charge in [-0.15, -0.1) is 11.3 Å². The molecule has 2 aliphatic carbocycles. The van der Waals surface area contributed by atoms with Crippen molar-refractivity contribution < 1.29 is 4.79 Å². The summed E-state index contributed by atoms with van der Waals surface area (Å²) in [5.41, 5.74) is 3.10. The molecule has 0 saturated heterocycles. The van der Waals surface area contributed by atoms with Gasteiger partial charge in [0.25, 0.3) is 0 Å². The number of hydrogen-bond acceptors (Lipinski definition) is 3. The lowest BCUT2D eigenvalue weighted by molar-refractivity contribution is -0.117. The highest BCUT2D eigenvalue weighted by Crippen LogP contribution is 2.48. The number of fused-ring (bicyclic) bond motifs is 1. The highest BCUT2D eigenvalue weighted by atomic mass is 32.1. The highest BCUT2D eigenvalue weighted by molar-refractivity contribution is 7.16. The van der Waals surface area contributed by atoms with Gasteiger partial charge < -0.3 is 5.32 Å². The smallest absolute Gasteiger partial charge is 0.228 e. The quantitative estimate of drug-likeness (QED) is 0.936. The van der Waals surface area contributed by atoms with E-state index in [1.54, 1.807) is 11.3 Å². The van der Waals surface area contributed by atoms with Crippen molar-refractivity contribution in [3.63, 3.8) is 0 Å². The molecule has 22 heavy (non-hydrogen) atoms. The first-order valence-electron chi connectivity index (χ1n) is 7.68. The van der Waals surface area contributed by atoms with Gasteiger partial charge in [-0.1, -0.05) is 30.3 Å². The van der Waals surface area contributed by atoms with Gasteiger partial charge in [0.05, 0.1) is 5.56 Å². The molecule has 1 saturated carbocycles. The average molecular weight is 308 g/mol. The number of carbonyl (C=O) groups is 1. The van der Waals surface area contributed by atoms with Crippen LogP contribution in [0.2, 0.25) is 0 Å². The summed E-state index contributed by atoms with van der Waals surface area (Å²) in [6.45, 7) is 0. The fourth-order valence-corrected chi connectivity index (χ4v) is 4.61. The molecule has 1 amide bonds. The molecule has 1 aromatic carbocycles. The standard InChI is InChI=1S/C18H16N2OS/c19-10-15-12-7-4-8-16(12)22-18(15)20-17(21)14-9-13(14)11-5-2-1-3-6-11/h1-3,5-6,13-14H,4,7-9H2,(H,20,21)/t13-,14-/m1/s1. The van der Waals surface area contributed by atoms with Gasteiger partial charge in [-0.3, -0.25) is 4.79 Å². The van der Waals surface area contributed by atoms with Crippen molar-refractivity contribution in [3.8, 4) is 6.07 Å². The summed E-state index contributed by atoms with van der Waals surface area (Å²) < 4.78 is 0. The number of thiophene rings is 1. The van der Waals surface area contributed by atoms with E-state index in [2.05, 4.69) is 23.5 Å². The SMILES string of the molecule is N#Cc1c(NC(=O)[C@@H]2C[C@@H]2c2ccccc2)sc2c1CCC2. The van der Waals surface area contributed by atoms with Gasteiger partial charge in [0.1, 0.15) is 11.1 Å². The van der Waals surface area contributed by atoms with E-state index < -0.39 is 0 Å². The second kappa shape index (κ2) is 5.26. The third kappa shape index (κ3) is 2.22. The van der Waals surface area contributed by atoms with Crippen molar-refractivity contribution in [2.24, 2.45) is 5.92 Å². The number of hydrogen-bond donors (Lipinski definition) is 1. The first kappa shape index (κ1) is 13.5. The number of carbonyl (C=O) groups excluding carboxylic acids is 1. The number of rotatable bonds is 3. The van der Waals surface area contributed by atoms with E-state index >= 15 is 0 Å². The summed E-state index contributed by atoms with van der Waals surface area (Å²) in [4.78, 5) is 13.7. The highest BCUT2D eigenvalue weighted by Gasteiger charge is 2.44. The number of nitrogens with zero attached hydrogens (tertiary/aromatic N) is 1. The van der Waals surface area contributed by atoms with Crippen molar-refractivity contribution in [2.45, 2.75) is 31.6 Å². The summed E-state index contributed by atoms with van der Waals surface area (Å²) in [6.07, 6.45) is 4.05. The number of nitriles is 1. The molecule has 0 radical (unpaired) electrons. The lowest BCUT2D eigenvalue weighted by atomic mass is 10.1. The first-order chi connectivity index (χ1) is 10.8. The molecular weight excluding hydrogens is 292 g/mol. The minimum Gasteiger partial charge on any atom is -0.316 e. The average Bonchev–Trinajstić information content (AvgIpc) is 3.11. The molecule has 110 valence electrons. The maximum absolute atomic E-state index is 12.4. The van der Waals surface area contributed by atoms with Crippen LogP contribution in [-0.4, -0.2) is 5.91 Å². The Labute approximate surface area is 133 Å². The molecule has 1 N–H and O–H groups in total. The zero-order chi connectivity index (χ0) is 15.1. The Balaban J connectivity index is 1.49. The fourth-order valence-electron chi connectivity index (χ4n) is 3.37. The zero-order valence-corrected chi connectivity index (χ0v) is 13.0. The molecule has 1 heterocycles. The molecule has 4 rings (SSSR count). The van der Waals surface area contributed by atoms with Gasteiger partial charge in [0.15, 0.2) is 0 Å². The van der Waals surface area contributed by atoms with Crippen LogP contribution >= 0.6 is 11.3 Å². The predicted octanol–water partition coefficient (Wildman–Crippen LogP) is 3.85. The lowest BCUT2D eigenvalue weighted by Crippen LogP contribution is -2.14. The van der Waals surface area contributed by atoms with Crippen LogP contribution in [0.1, 0.15) is 40.3 Å². The van der Waals surface area contributed by atoms with Crippen molar-refractivity contribution >= 4 is 22.2 Å². The Morgan fingerprint density at radius 1 is 1.27 bits per heavy atom. The lowest BCUT2D eigenvalue weighted by Gasteiger charge is -2.04. The Kier molecular flexibility index (Phi) is 3.24. The number of amides is 1. The van der Waals surface area contributed by atoms with Crippen LogP contribution in [0, 0.1) is 17.2 Å². The topological polar surface area (TPSA) is 52.9 Å². The molecule has 4 heteroatoms. The second-order valence-corrected chi connectivity index (χ2v) is 7.13. The molecule has 2 aliphatic rings. The molecule has 3 nitrogen and oxygen atoms in total. The summed E-state index contributed by atoms with van der Waals surface area (Å²) >= 11 is 1.59. The number of benzene rings is 1. The van der Waals surface area contributed by atoms with Crippen LogP contribution < -0.4 is 5.32 Å².